The maximum Gasteiger partial charge on any atom is 0.256 e. The van der Waals surface area contributed by atoms with Crippen LogP contribution in [-0.2, 0) is 14.8 Å². The number of nitrogens with one attached hydrogen (secondary N) is 1. The number of sulfonamides is 1. The lowest BCUT2D eigenvalue weighted by atomic mass is 9.98. The van der Waals surface area contributed by atoms with Gasteiger partial charge in [-0.1, -0.05) is 11.6 Å². The molecule has 2 aliphatic rings. The highest BCUT2D eigenvalue weighted by atomic mass is 35.5. The summed E-state index contributed by atoms with van der Waals surface area (Å²) in [6.07, 6.45) is 5.44. The molecule has 2 saturated heterocycles. The van der Waals surface area contributed by atoms with Crippen LogP contribution >= 0.6 is 11.6 Å². The Hall–Kier alpha value is -2.93. The van der Waals surface area contributed by atoms with Crippen LogP contribution in [0.5, 0.6) is 0 Å². The predicted molar refractivity (Wildman–Crippen MR) is 146 cm³/mol. The number of likely N-dealkylation sites (tertiary alicyclic amines) is 1. The molecule has 1 amide bonds. The van der Waals surface area contributed by atoms with Crippen molar-refractivity contribution in [2.75, 3.05) is 42.6 Å². The van der Waals surface area contributed by atoms with E-state index in [1.807, 2.05) is 19.2 Å². The molecule has 3 aromatic rings. The molecule has 204 valence electrons. The molecular formula is C25H32ClN7O4S. The van der Waals surface area contributed by atoms with Crippen molar-refractivity contribution in [1.82, 2.24) is 19.5 Å². The van der Waals surface area contributed by atoms with E-state index in [-0.39, 0.29) is 35.3 Å². The zero-order valence-electron chi connectivity index (χ0n) is 21.6. The van der Waals surface area contributed by atoms with Crippen molar-refractivity contribution in [1.29, 1.82) is 0 Å². The Morgan fingerprint density at radius 1 is 1.24 bits per heavy atom. The number of rotatable bonds is 6. The summed E-state index contributed by atoms with van der Waals surface area (Å²) in [6.45, 7) is 3.82. The molecule has 3 unspecified atom stereocenters. The fourth-order valence-corrected chi connectivity index (χ4v) is 6.09. The van der Waals surface area contributed by atoms with Crippen LogP contribution in [-0.4, -0.2) is 79.0 Å². The second-order valence-corrected chi connectivity index (χ2v) is 12.2. The Bertz CT molecular complexity index is 1480. The molecule has 0 saturated carbocycles. The molecule has 3 atom stereocenters. The van der Waals surface area contributed by atoms with Gasteiger partial charge in [0.1, 0.15) is 5.82 Å². The van der Waals surface area contributed by atoms with Crippen LogP contribution in [0.1, 0.15) is 46.9 Å². The van der Waals surface area contributed by atoms with E-state index in [0.717, 1.165) is 42.6 Å². The first kappa shape index (κ1) is 26.7. The van der Waals surface area contributed by atoms with E-state index in [1.165, 1.54) is 12.1 Å². The fourth-order valence-electron chi connectivity index (χ4n) is 5.34. The number of halogens is 1. The Labute approximate surface area is 226 Å². The first-order chi connectivity index (χ1) is 18.0. The number of nitrogens with zero attached hydrogens (tertiary/aromatic N) is 5. The summed E-state index contributed by atoms with van der Waals surface area (Å²) in [5, 5.41) is 5.14. The van der Waals surface area contributed by atoms with Crippen molar-refractivity contribution in [2.24, 2.45) is 5.73 Å². The molecule has 0 radical (unpaired) electrons. The number of carbonyl (C=O) groups is 1. The molecule has 2 aliphatic heterocycles. The van der Waals surface area contributed by atoms with Crippen LogP contribution in [0.4, 0.5) is 11.5 Å². The van der Waals surface area contributed by atoms with E-state index in [2.05, 4.69) is 9.62 Å². The summed E-state index contributed by atoms with van der Waals surface area (Å²) in [5.74, 6) is 0.535. The van der Waals surface area contributed by atoms with Crippen molar-refractivity contribution in [2.45, 2.75) is 44.4 Å². The monoisotopic (exact) mass is 561 g/mol. The van der Waals surface area contributed by atoms with Crippen molar-refractivity contribution < 1.29 is 17.9 Å². The van der Waals surface area contributed by atoms with Gasteiger partial charge in [0.2, 0.25) is 10.0 Å². The zero-order chi connectivity index (χ0) is 27.2. The average Bonchev–Trinajstić information content (AvgIpc) is 3.45. The highest BCUT2D eigenvalue weighted by Crippen LogP contribution is 2.34. The first-order valence-electron chi connectivity index (χ1n) is 12.5. The molecule has 2 aromatic heterocycles. The van der Waals surface area contributed by atoms with Crippen LogP contribution in [0.2, 0.25) is 5.02 Å². The first-order valence-corrected chi connectivity index (χ1v) is 14.8. The van der Waals surface area contributed by atoms with E-state index < -0.39 is 10.0 Å². The molecule has 13 heteroatoms. The average molecular weight is 562 g/mol. The van der Waals surface area contributed by atoms with Crippen molar-refractivity contribution >= 4 is 44.7 Å². The van der Waals surface area contributed by atoms with Gasteiger partial charge in [0, 0.05) is 49.6 Å². The van der Waals surface area contributed by atoms with Crippen LogP contribution in [0, 0.1) is 6.92 Å². The number of hydrogen-bond donors (Lipinski definition) is 2. The van der Waals surface area contributed by atoms with E-state index in [4.69, 9.17) is 32.2 Å². The number of nitrogens with two attached hydrogens (primary N) is 1. The second kappa shape index (κ2) is 10.3. The summed E-state index contributed by atoms with van der Waals surface area (Å²) in [6, 6.07) is 6.09. The molecule has 5 rings (SSSR count). The lowest BCUT2D eigenvalue weighted by Crippen LogP contribution is -2.39. The van der Waals surface area contributed by atoms with Gasteiger partial charge in [0.15, 0.2) is 5.65 Å². The maximum absolute atomic E-state index is 13.8. The number of carbonyl (C=O) groups excluding carboxylic acids is 1. The van der Waals surface area contributed by atoms with E-state index in [1.54, 1.807) is 22.6 Å². The van der Waals surface area contributed by atoms with Gasteiger partial charge >= 0.3 is 0 Å². The van der Waals surface area contributed by atoms with Gasteiger partial charge in [0.05, 0.1) is 41.4 Å². The van der Waals surface area contributed by atoms with Gasteiger partial charge in [-0.3, -0.25) is 9.52 Å². The molecule has 1 aromatic carbocycles. The van der Waals surface area contributed by atoms with Crippen molar-refractivity contribution in [3.8, 4) is 0 Å². The number of benzene rings is 1. The summed E-state index contributed by atoms with van der Waals surface area (Å²) in [7, 11) is -1.92. The fraction of sp³-hybridized carbons (Fsp3) is 0.480. The summed E-state index contributed by atoms with van der Waals surface area (Å²) >= 11 is 6.20. The van der Waals surface area contributed by atoms with Crippen LogP contribution in [0.15, 0.2) is 30.5 Å². The Morgan fingerprint density at radius 3 is 2.74 bits per heavy atom. The third-order valence-corrected chi connectivity index (χ3v) is 7.97. The number of ether oxygens (including phenoxy) is 1. The van der Waals surface area contributed by atoms with Crippen LogP contribution in [0.25, 0.3) is 5.65 Å². The molecule has 0 spiro atoms. The number of hydrogen-bond acceptors (Lipinski definition) is 8. The molecule has 2 fully saturated rings. The summed E-state index contributed by atoms with van der Waals surface area (Å²) in [5.41, 5.74) is 9.00. The normalized spacial score (nSPS) is 22.3. The third kappa shape index (κ3) is 5.31. The largest absolute Gasteiger partial charge is 0.378 e. The second-order valence-electron chi connectivity index (χ2n) is 10.0. The number of methoxy groups -OCH3 is 1. The van der Waals surface area contributed by atoms with Gasteiger partial charge < -0.3 is 20.3 Å². The quantitative estimate of drug-likeness (QED) is 0.469. The standard InChI is InChI=1S/C25H32ClN7O4S/c1-15-12-33-23(28-24(15)31-13-18(27)22(14-31)37-2)11-20(29-33)21-6-4-5-9-32(21)25(34)17-10-16(26)7-8-19(17)30-38(3,35)36/h7-8,10-12,18,21-22,30H,4-6,9,13-14,27H2,1-3H3. The number of amides is 1. The summed E-state index contributed by atoms with van der Waals surface area (Å²) in [4.78, 5) is 22.6. The number of aryl methyl sites for hydroxylation is 1. The van der Waals surface area contributed by atoms with Gasteiger partial charge in [-0.15, -0.1) is 0 Å². The number of piperidine rings is 1. The number of anilines is 2. The summed E-state index contributed by atoms with van der Waals surface area (Å²) < 4.78 is 33.5. The highest BCUT2D eigenvalue weighted by Gasteiger charge is 2.34. The minimum absolute atomic E-state index is 0.0525. The van der Waals surface area contributed by atoms with Gasteiger partial charge in [-0.05, 0) is 44.4 Å². The Kier molecular flexibility index (Phi) is 7.25. The van der Waals surface area contributed by atoms with Gasteiger partial charge in [-0.25, -0.2) is 17.9 Å². The zero-order valence-corrected chi connectivity index (χ0v) is 23.2. The predicted octanol–water partition coefficient (Wildman–Crippen LogP) is 2.59. The molecule has 11 nitrogen and oxygen atoms in total. The van der Waals surface area contributed by atoms with Gasteiger partial charge in [0.25, 0.3) is 5.91 Å². The topological polar surface area (TPSA) is 135 Å². The Balaban J connectivity index is 1.47. The number of aromatic nitrogens is 3. The third-order valence-electron chi connectivity index (χ3n) is 7.15. The van der Waals surface area contributed by atoms with Crippen molar-refractivity contribution in [3.63, 3.8) is 0 Å². The SMILES string of the molecule is COC1CN(c2nc3cc(C4CCCCN4C(=O)c4cc(Cl)ccc4NS(C)(=O)=O)nn3cc2C)CC1N. The van der Waals surface area contributed by atoms with Gasteiger partial charge in [-0.2, -0.15) is 5.10 Å². The Morgan fingerprint density at radius 2 is 2.03 bits per heavy atom. The lowest BCUT2D eigenvalue weighted by Gasteiger charge is -2.35. The molecule has 0 aliphatic carbocycles. The molecule has 0 bridgehead atoms. The molecule has 4 heterocycles. The maximum atomic E-state index is 13.8. The lowest BCUT2D eigenvalue weighted by molar-refractivity contribution is 0.0607. The van der Waals surface area contributed by atoms with Crippen molar-refractivity contribution in [3.05, 3.63) is 52.3 Å². The van der Waals surface area contributed by atoms with E-state index >= 15 is 0 Å². The molecule has 38 heavy (non-hydrogen) atoms. The van der Waals surface area contributed by atoms with Crippen LogP contribution in [0.3, 0.4) is 0 Å². The minimum atomic E-state index is -3.59. The minimum Gasteiger partial charge on any atom is -0.378 e. The van der Waals surface area contributed by atoms with E-state index in [9.17, 15) is 13.2 Å². The van der Waals surface area contributed by atoms with E-state index in [0.29, 0.717) is 30.3 Å². The number of fused-ring (bicyclic) bond motifs is 1. The highest BCUT2D eigenvalue weighted by molar-refractivity contribution is 7.92. The molecule has 3 N–H and O–H groups in total. The molecular weight excluding hydrogens is 530 g/mol. The van der Waals surface area contributed by atoms with Crippen LogP contribution < -0.4 is 15.4 Å². The smallest absolute Gasteiger partial charge is 0.256 e.